The maximum absolute atomic E-state index is 9.55. The Labute approximate surface area is 80.1 Å². The first-order chi connectivity index (χ1) is 5.70. The Morgan fingerprint density at radius 2 is 2.25 bits per heavy atom. The molecule has 0 aliphatic carbocycles. The zero-order chi connectivity index (χ0) is 8.72. The fraction of sp³-hybridized carbons (Fsp3) is 0.111. The van der Waals surface area contributed by atoms with Gasteiger partial charge in [-0.15, -0.1) is 24.0 Å². The number of thiol groups is 1. The van der Waals surface area contributed by atoms with Crippen molar-refractivity contribution < 1.29 is 5.11 Å². The number of fused-ring (bicyclic) bond motifs is 1. The van der Waals surface area contributed by atoms with Crippen LogP contribution in [0, 0.1) is 6.92 Å². The summed E-state index contributed by atoms with van der Waals surface area (Å²) in [6.07, 6.45) is 0. The average molecular weight is 196 g/mol. The monoisotopic (exact) mass is 196 g/mol. The Morgan fingerprint density at radius 3 is 3.00 bits per heavy atom. The Hall–Kier alpha value is -0.670. The Bertz CT molecular complexity index is 431. The van der Waals surface area contributed by atoms with E-state index in [1.807, 2.05) is 24.4 Å². The fourth-order valence-corrected chi connectivity index (χ4v) is 2.45. The highest BCUT2D eigenvalue weighted by atomic mass is 32.1. The van der Waals surface area contributed by atoms with Crippen LogP contribution >= 0.6 is 24.0 Å². The molecule has 1 nitrogen and oxygen atoms in total. The van der Waals surface area contributed by atoms with Crippen molar-refractivity contribution in [3.05, 3.63) is 23.1 Å². The fourth-order valence-electron chi connectivity index (χ4n) is 1.25. The Balaban J connectivity index is 2.94. The molecule has 0 unspecified atom stereocenters. The van der Waals surface area contributed by atoms with Gasteiger partial charge in [0.1, 0.15) is 5.75 Å². The van der Waals surface area contributed by atoms with Gasteiger partial charge in [0, 0.05) is 15.2 Å². The largest absolute Gasteiger partial charge is 0.506 e. The highest BCUT2D eigenvalue weighted by molar-refractivity contribution is 7.80. The standard InChI is InChI=1S/C9H8OS2/c1-5-8(10)7(11)4-6-2-3-12-9(5)6/h2-4,10-11H,1H3. The van der Waals surface area contributed by atoms with Crippen LogP contribution in [0.4, 0.5) is 0 Å². The van der Waals surface area contributed by atoms with Crippen molar-refractivity contribution in [2.24, 2.45) is 0 Å². The summed E-state index contributed by atoms with van der Waals surface area (Å²) < 4.78 is 1.14. The van der Waals surface area contributed by atoms with Gasteiger partial charge in [-0.1, -0.05) is 0 Å². The molecule has 1 N–H and O–H groups in total. The molecule has 0 radical (unpaired) electrons. The van der Waals surface area contributed by atoms with E-state index < -0.39 is 0 Å². The van der Waals surface area contributed by atoms with Crippen molar-refractivity contribution in [2.75, 3.05) is 0 Å². The zero-order valence-electron chi connectivity index (χ0n) is 6.53. The van der Waals surface area contributed by atoms with Gasteiger partial charge in [0.05, 0.1) is 0 Å². The van der Waals surface area contributed by atoms with Crippen LogP contribution < -0.4 is 0 Å². The molecule has 0 fully saturated rings. The number of hydrogen-bond acceptors (Lipinski definition) is 3. The van der Waals surface area contributed by atoms with E-state index in [4.69, 9.17) is 0 Å². The molecule has 2 aromatic rings. The first-order valence-corrected chi connectivity index (χ1v) is 4.91. The van der Waals surface area contributed by atoms with Gasteiger partial charge in [-0.2, -0.15) is 0 Å². The van der Waals surface area contributed by atoms with Crippen LogP contribution in [0.25, 0.3) is 10.1 Å². The van der Waals surface area contributed by atoms with Crippen molar-refractivity contribution in [3.63, 3.8) is 0 Å². The van der Waals surface area contributed by atoms with Gasteiger partial charge < -0.3 is 5.11 Å². The number of aryl methyl sites for hydroxylation is 1. The molecule has 2 rings (SSSR count). The summed E-state index contributed by atoms with van der Waals surface area (Å²) in [6, 6.07) is 3.92. The van der Waals surface area contributed by atoms with Crippen molar-refractivity contribution in [2.45, 2.75) is 11.8 Å². The summed E-state index contributed by atoms with van der Waals surface area (Å²) in [6.45, 7) is 1.91. The minimum Gasteiger partial charge on any atom is -0.506 e. The van der Waals surface area contributed by atoms with Crippen LogP contribution in [0.15, 0.2) is 22.4 Å². The van der Waals surface area contributed by atoms with Gasteiger partial charge in [-0.3, -0.25) is 0 Å². The maximum Gasteiger partial charge on any atom is 0.133 e. The van der Waals surface area contributed by atoms with E-state index in [1.165, 1.54) is 0 Å². The molecule has 0 atom stereocenters. The van der Waals surface area contributed by atoms with E-state index in [0.29, 0.717) is 10.6 Å². The molecular formula is C9H8OS2. The quantitative estimate of drug-likeness (QED) is 0.620. The van der Waals surface area contributed by atoms with Gasteiger partial charge >= 0.3 is 0 Å². The lowest BCUT2D eigenvalue weighted by Crippen LogP contribution is -1.76. The summed E-state index contributed by atoms with van der Waals surface area (Å²) in [5, 5.41) is 12.7. The van der Waals surface area contributed by atoms with Gasteiger partial charge in [-0.05, 0) is 29.8 Å². The number of thiophene rings is 1. The summed E-state index contributed by atoms with van der Waals surface area (Å²) in [5.41, 5.74) is 0.924. The summed E-state index contributed by atoms with van der Waals surface area (Å²) in [4.78, 5) is 0.651. The molecule has 1 aromatic carbocycles. The summed E-state index contributed by atoms with van der Waals surface area (Å²) in [5.74, 6) is 0.299. The third-order valence-corrected chi connectivity index (χ3v) is 3.32. The number of rotatable bonds is 0. The lowest BCUT2D eigenvalue weighted by molar-refractivity contribution is 0.460. The van der Waals surface area contributed by atoms with Crippen molar-refractivity contribution in [1.82, 2.24) is 0 Å². The van der Waals surface area contributed by atoms with Gasteiger partial charge in [0.25, 0.3) is 0 Å². The summed E-state index contributed by atoms with van der Waals surface area (Å²) >= 11 is 5.82. The molecule has 1 heterocycles. The second kappa shape index (κ2) is 2.68. The lowest BCUT2D eigenvalue weighted by atomic mass is 10.2. The second-order valence-electron chi connectivity index (χ2n) is 2.71. The molecular weight excluding hydrogens is 188 g/mol. The van der Waals surface area contributed by atoms with Crippen molar-refractivity contribution in [3.8, 4) is 5.75 Å². The highest BCUT2D eigenvalue weighted by Crippen LogP contribution is 2.35. The van der Waals surface area contributed by atoms with Crippen LogP contribution in [0.1, 0.15) is 5.56 Å². The molecule has 0 amide bonds. The van der Waals surface area contributed by atoms with Gasteiger partial charge in [-0.25, -0.2) is 0 Å². The van der Waals surface area contributed by atoms with Gasteiger partial charge in [0.15, 0.2) is 0 Å². The number of hydrogen-bond donors (Lipinski definition) is 2. The topological polar surface area (TPSA) is 20.2 Å². The SMILES string of the molecule is Cc1c(O)c(S)cc2ccsc12. The molecule has 12 heavy (non-hydrogen) atoms. The lowest BCUT2D eigenvalue weighted by Gasteiger charge is -2.02. The molecule has 0 spiro atoms. The minimum atomic E-state index is 0.299. The van der Waals surface area contributed by atoms with E-state index in [-0.39, 0.29) is 0 Å². The highest BCUT2D eigenvalue weighted by Gasteiger charge is 2.06. The van der Waals surface area contributed by atoms with Crippen LogP contribution in [-0.2, 0) is 0 Å². The smallest absolute Gasteiger partial charge is 0.133 e. The third-order valence-electron chi connectivity index (χ3n) is 1.93. The first-order valence-electron chi connectivity index (χ1n) is 3.59. The second-order valence-corrected chi connectivity index (χ2v) is 4.11. The van der Waals surface area contributed by atoms with E-state index in [1.54, 1.807) is 11.3 Å². The van der Waals surface area contributed by atoms with Crippen LogP contribution in [0.2, 0.25) is 0 Å². The maximum atomic E-state index is 9.55. The number of phenols is 1. The Kier molecular flexibility index (Phi) is 1.77. The molecule has 0 bridgehead atoms. The number of aromatic hydroxyl groups is 1. The predicted molar refractivity (Wildman–Crippen MR) is 55.5 cm³/mol. The Morgan fingerprint density at radius 1 is 1.50 bits per heavy atom. The molecule has 0 aliphatic heterocycles. The molecule has 62 valence electrons. The van der Waals surface area contributed by atoms with E-state index in [9.17, 15) is 5.11 Å². The summed E-state index contributed by atoms with van der Waals surface area (Å²) in [7, 11) is 0. The molecule has 0 saturated heterocycles. The first kappa shape index (κ1) is 7.95. The third kappa shape index (κ3) is 1.01. The van der Waals surface area contributed by atoms with Crippen molar-refractivity contribution >= 4 is 34.1 Å². The molecule has 1 aromatic heterocycles. The van der Waals surface area contributed by atoms with Crippen LogP contribution in [0.5, 0.6) is 5.75 Å². The average Bonchev–Trinajstić information content (AvgIpc) is 2.48. The number of benzene rings is 1. The molecule has 0 saturated carbocycles. The van der Waals surface area contributed by atoms with E-state index in [0.717, 1.165) is 15.6 Å². The molecule has 3 heteroatoms. The van der Waals surface area contributed by atoms with Crippen LogP contribution in [-0.4, -0.2) is 5.11 Å². The molecule has 0 aliphatic rings. The van der Waals surface area contributed by atoms with Crippen molar-refractivity contribution in [1.29, 1.82) is 0 Å². The normalized spacial score (nSPS) is 10.8. The zero-order valence-corrected chi connectivity index (χ0v) is 8.25. The van der Waals surface area contributed by atoms with E-state index >= 15 is 0 Å². The van der Waals surface area contributed by atoms with E-state index in [2.05, 4.69) is 12.6 Å². The van der Waals surface area contributed by atoms with Crippen LogP contribution in [0.3, 0.4) is 0 Å². The van der Waals surface area contributed by atoms with Gasteiger partial charge in [0.2, 0.25) is 0 Å². The number of phenolic OH excluding ortho intramolecular Hbond substituents is 1. The predicted octanol–water partition coefficient (Wildman–Crippen LogP) is 3.20. The minimum absolute atomic E-state index is 0.299.